The third-order valence-corrected chi connectivity index (χ3v) is 4.60. The summed E-state index contributed by atoms with van der Waals surface area (Å²) in [5.74, 6) is 0.710. The van der Waals surface area contributed by atoms with Crippen LogP contribution >= 0.6 is 0 Å². The molecule has 1 saturated heterocycles. The summed E-state index contributed by atoms with van der Waals surface area (Å²) in [6.07, 6.45) is -4.19. The number of ether oxygens (including phenoxy) is 1. The summed E-state index contributed by atoms with van der Waals surface area (Å²) in [7, 11) is 3.35. The summed E-state index contributed by atoms with van der Waals surface area (Å²) >= 11 is 0. The number of piperazine rings is 1. The highest BCUT2D eigenvalue weighted by Gasteiger charge is 2.41. The standard InChI is InChI=1S/C18H27F3N4O/c1-14(18(19,20)21)24-7-9-25(10-8-24)17(22-2)23-12-15-5-4-6-16(11-15)13-26-3/h4-6,11,14H,7-10,12-13H2,1-3H3,(H,22,23). The zero-order chi connectivity index (χ0) is 19.2. The highest BCUT2D eigenvalue weighted by atomic mass is 19.4. The van der Waals surface area contributed by atoms with Gasteiger partial charge in [0.05, 0.1) is 6.61 Å². The van der Waals surface area contributed by atoms with Crippen LogP contribution in [0.25, 0.3) is 0 Å². The first-order valence-electron chi connectivity index (χ1n) is 8.68. The SMILES string of the molecule is CN=C(NCc1cccc(COC)c1)N1CCN(C(C)C(F)(F)F)CC1. The van der Waals surface area contributed by atoms with Crippen molar-refractivity contribution in [1.82, 2.24) is 15.1 Å². The summed E-state index contributed by atoms with van der Waals surface area (Å²) in [6.45, 7) is 4.14. The lowest BCUT2D eigenvalue weighted by Crippen LogP contribution is -2.56. The van der Waals surface area contributed by atoms with Crippen molar-refractivity contribution in [2.45, 2.75) is 32.3 Å². The van der Waals surface area contributed by atoms with Crippen LogP contribution in [0.2, 0.25) is 0 Å². The van der Waals surface area contributed by atoms with Gasteiger partial charge in [-0.1, -0.05) is 24.3 Å². The second-order valence-corrected chi connectivity index (χ2v) is 6.39. The molecule has 0 amide bonds. The molecule has 26 heavy (non-hydrogen) atoms. The largest absolute Gasteiger partial charge is 0.403 e. The lowest BCUT2D eigenvalue weighted by molar-refractivity contribution is -0.181. The number of methoxy groups -OCH3 is 1. The fraction of sp³-hybridized carbons (Fsp3) is 0.611. The monoisotopic (exact) mass is 372 g/mol. The van der Waals surface area contributed by atoms with Crippen LogP contribution in [0.3, 0.4) is 0 Å². The van der Waals surface area contributed by atoms with Gasteiger partial charge in [0.15, 0.2) is 5.96 Å². The van der Waals surface area contributed by atoms with Gasteiger partial charge in [-0.2, -0.15) is 13.2 Å². The molecule has 1 heterocycles. The van der Waals surface area contributed by atoms with Gasteiger partial charge in [-0.3, -0.25) is 9.89 Å². The van der Waals surface area contributed by atoms with Crippen molar-refractivity contribution in [2.24, 2.45) is 4.99 Å². The van der Waals surface area contributed by atoms with Crippen LogP contribution in [0.15, 0.2) is 29.3 Å². The Morgan fingerprint density at radius 3 is 2.46 bits per heavy atom. The van der Waals surface area contributed by atoms with E-state index in [9.17, 15) is 13.2 Å². The number of nitrogens with one attached hydrogen (secondary N) is 1. The Morgan fingerprint density at radius 2 is 1.88 bits per heavy atom. The fourth-order valence-corrected chi connectivity index (χ4v) is 3.04. The number of guanidine groups is 1. The predicted molar refractivity (Wildman–Crippen MR) is 96.0 cm³/mol. The number of hydrogen-bond donors (Lipinski definition) is 1. The van der Waals surface area contributed by atoms with Crippen LogP contribution < -0.4 is 5.32 Å². The van der Waals surface area contributed by atoms with E-state index in [1.54, 1.807) is 14.2 Å². The van der Waals surface area contributed by atoms with Crippen molar-refractivity contribution in [3.8, 4) is 0 Å². The third-order valence-electron chi connectivity index (χ3n) is 4.60. The lowest BCUT2D eigenvalue weighted by Gasteiger charge is -2.39. The smallest absolute Gasteiger partial charge is 0.380 e. The molecule has 1 aromatic rings. The Balaban J connectivity index is 1.87. The van der Waals surface area contributed by atoms with Gasteiger partial charge in [-0.25, -0.2) is 0 Å². The molecule has 0 saturated carbocycles. The fourth-order valence-electron chi connectivity index (χ4n) is 3.04. The molecule has 0 bridgehead atoms. The van der Waals surface area contributed by atoms with E-state index in [4.69, 9.17) is 4.74 Å². The Morgan fingerprint density at radius 1 is 1.23 bits per heavy atom. The van der Waals surface area contributed by atoms with Crippen LogP contribution in [0.1, 0.15) is 18.1 Å². The summed E-state index contributed by atoms with van der Waals surface area (Å²) in [4.78, 5) is 7.74. The molecule has 0 radical (unpaired) electrons. The molecule has 1 aromatic carbocycles. The molecule has 1 aliphatic heterocycles. The molecular formula is C18H27F3N4O. The van der Waals surface area contributed by atoms with Crippen molar-refractivity contribution in [1.29, 1.82) is 0 Å². The minimum atomic E-state index is -4.19. The van der Waals surface area contributed by atoms with Crippen LogP contribution in [0.5, 0.6) is 0 Å². The van der Waals surface area contributed by atoms with Crippen LogP contribution in [0, 0.1) is 0 Å². The van der Waals surface area contributed by atoms with E-state index in [1.807, 2.05) is 23.1 Å². The van der Waals surface area contributed by atoms with E-state index in [2.05, 4.69) is 16.4 Å². The van der Waals surface area contributed by atoms with Gasteiger partial charge < -0.3 is 15.0 Å². The quantitative estimate of drug-likeness (QED) is 0.637. The second-order valence-electron chi connectivity index (χ2n) is 6.39. The van der Waals surface area contributed by atoms with E-state index in [-0.39, 0.29) is 0 Å². The van der Waals surface area contributed by atoms with Gasteiger partial charge in [0.1, 0.15) is 6.04 Å². The Kier molecular flexibility index (Phi) is 7.28. The van der Waals surface area contributed by atoms with Gasteiger partial charge in [0.2, 0.25) is 0 Å². The van der Waals surface area contributed by atoms with Crippen molar-refractivity contribution < 1.29 is 17.9 Å². The minimum Gasteiger partial charge on any atom is -0.380 e. The Labute approximate surface area is 152 Å². The molecular weight excluding hydrogens is 345 g/mol. The molecule has 146 valence electrons. The summed E-state index contributed by atoms with van der Waals surface area (Å²) in [5.41, 5.74) is 2.20. The first kappa shape index (κ1) is 20.5. The summed E-state index contributed by atoms with van der Waals surface area (Å²) in [6, 6.07) is 6.65. The number of aliphatic imine (C=N–C) groups is 1. The first-order chi connectivity index (χ1) is 12.3. The molecule has 1 aliphatic rings. The third kappa shape index (κ3) is 5.60. The highest BCUT2D eigenvalue weighted by Crippen LogP contribution is 2.25. The molecule has 1 N–H and O–H groups in total. The zero-order valence-corrected chi connectivity index (χ0v) is 15.5. The van der Waals surface area contributed by atoms with Crippen molar-refractivity contribution in [2.75, 3.05) is 40.3 Å². The molecule has 1 fully saturated rings. The van der Waals surface area contributed by atoms with Gasteiger partial charge in [0, 0.05) is 46.9 Å². The zero-order valence-electron chi connectivity index (χ0n) is 15.5. The molecule has 0 aromatic heterocycles. The predicted octanol–water partition coefficient (Wildman–Crippen LogP) is 2.48. The van der Waals surface area contributed by atoms with Crippen LogP contribution in [0.4, 0.5) is 13.2 Å². The number of nitrogens with zero attached hydrogens (tertiary/aromatic N) is 3. The van der Waals surface area contributed by atoms with E-state index in [0.29, 0.717) is 45.3 Å². The van der Waals surface area contributed by atoms with E-state index < -0.39 is 12.2 Å². The average molecular weight is 372 g/mol. The molecule has 2 rings (SSSR count). The molecule has 0 spiro atoms. The number of hydrogen-bond acceptors (Lipinski definition) is 3. The molecule has 1 atom stereocenters. The number of rotatable bonds is 5. The van der Waals surface area contributed by atoms with E-state index in [1.165, 1.54) is 11.8 Å². The van der Waals surface area contributed by atoms with E-state index >= 15 is 0 Å². The Hall–Kier alpha value is -1.80. The van der Waals surface area contributed by atoms with E-state index in [0.717, 1.165) is 11.1 Å². The van der Waals surface area contributed by atoms with Gasteiger partial charge >= 0.3 is 6.18 Å². The van der Waals surface area contributed by atoms with Gasteiger partial charge in [-0.05, 0) is 18.1 Å². The second kappa shape index (κ2) is 9.23. The van der Waals surface area contributed by atoms with Crippen LogP contribution in [-0.4, -0.2) is 68.3 Å². The number of alkyl halides is 3. The normalized spacial score (nSPS) is 18.1. The topological polar surface area (TPSA) is 40.1 Å². The highest BCUT2D eigenvalue weighted by molar-refractivity contribution is 5.80. The minimum absolute atomic E-state index is 0.366. The Bertz CT molecular complexity index is 598. The summed E-state index contributed by atoms with van der Waals surface area (Å²) in [5, 5.41) is 3.29. The molecule has 5 nitrogen and oxygen atoms in total. The average Bonchev–Trinajstić information content (AvgIpc) is 2.62. The van der Waals surface area contributed by atoms with Crippen molar-refractivity contribution in [3.63, 3.8) is 0 Å². The van der Waals surface area contributed by atoms with Crippen molar-refractivity contribution in [3.05, 3.63) is 35.4 Å². The number of benzene rings is 1. The first-order valence-corrected chi connectivity index (χ1v) is 8.68. The molecule has 8 heteroatoms. The van der Waals surface area contributed by atoms with Crippen LogP contribution in [-0.2, 0) is 17.9 Å². The maximum Gasteiger partial charge on any atom is 0.403 e. The molecule has 0 aliphatic carbocycles. The van der Waals surface area contributed by atoms with Crippen molar-refractivity contribution >= 4 is 5.96 Å². The lowest BCUT2D eigenvalue weighted by atomic mass is 10.1. The van der Waals surface area contributed by atoms with Gasteiger partial charge in [-0.15, -0.1) is 0 Å². The van der Waals surface area contributed by atoms with Gasteiger partial charge in [0.25, 0.3) is 0 Å². The summed E-state index contributed by atoms with van der Waals surface area (Å²) < 4.78 is 43.7. The maximum atomic E-state index is 12.9. The number of halogens is 3. The molecule has 1 unspecified atom stereocenters. The maximum absolute atomic E-state index is 12.9.